The van der Waals surface area contributed by atoms with Gasteiger partial charge in [0.15, 0.2) is 5.78 Å². The van der Waals surface area contributed by atoms with Gasteiger partial charge in [-0.15, -0.1) is 10.2 Å². The van der Waals surface area contributed by atoms with E-state index in [2.05, 4.69) is 26.9 Å². The van der Waals surface area contributed by atoms with Gasteiger partial charge in [-0.2, -0.15) is 0 Å². The van der Waals surface area contributed by atoms with Crippen molar-refractivity contribution in [3.63, 3.8) is 0 Å². The number of ketones is 1. The first-order valence-corrected chi connectivity index (χ1v) is 9.05. The predicted molar refractivity (Wildman–Crippen MR) is 94.9 cm³/mol. The fourth-order valence-corrected chi connectivity index (χ4v) is 3.52. The van der Waals surface area contributed by atoms with Crippen molar-refractivity contribution in [1.29, 1.82) is 0 Å². The summed E-state index contributed by atoms with van der Waals surface area (Å²) in [4.78, 5) is 16.7. The molecule has 0 atom stereocenters. The van der Waals surface area contributed by atoms with Crippen LogP contribution in [0.3, 0.4) is 0 Å². The first kappa shape index (κ1) is 16.9. The lowest BCUT2D eigenvalue weighted by atomic mass is 10.3. The Morgan fingerprint density at radius 3 is 2.62 bits per heavy atom. The summed E-state index contributed by atoms with van der Waals surface area (Å²) >= 11 is 1.51. The maximum atomic E-state index is 12.0. The molecule has 24 heavy (non-hydrogen) atoms. The lowest BCUT2D eigenvalue weighted by Gasteiger charge is -2.33. The van der Waals surface area contributed by atoms with Crippen molar-refractivity contribution in [2.75, 3.05) is 44.2 Å². The summed E-state index contributed by atoms with van der Waals surface area (Å²) in [6.07, 6.45) is 0.277. The quantitative estimate of drug-likeness (QED) is 0.763. The molecule has 0 spiro atoms. The molecule has 6 nitrogen and oxygen atoms in total. The normalized spacial score (nSPS) is 15.5. The number of carbonyl (C=O) groups is 1. The summed E-state index contributed by atoms with van der Waals surface area (Å²) < 4.78 is 5.48. The van der Waals surface area contributed by atoms with Crippen LogP contribution < -0.4 is 9.64 Å². The van der Waals surface area contributed by atoms with Crippen molar-refractivity contribution in [2.24, 2.45) is 0 Å². The SMILES string of the molecule is CCN1CCN(c2nnc(CC(=O)COc3ccccc3)s2)CC1. The minimum absolute atomic E-state index is 0.0114. The number of carbonyl (C=O) groups excluding carboxylic acids is 1. The van der Waals surface area contributed by atoms with Crippen molar-refractivity contribution < 1.29 is 9.53 Å². The van der Waals surface area contributed by atoms with Crippen LogP contribution in [0.5, 0.6) is 5.75 Å². The predicted octanol–water partition coefficient (Wildman–Crippen LogP) is 1.87. The molecule has 0 unspecified atom stereocenters. The van der Waals surface area contributed by atoms with Gasteiger partial charge in [0.25, 0.3) is 0 Å². The molecule has 1 aliphatic rings. The van der Waals surface area contributed by atoms with Crippen LogP contribution >= 0.6 is 11.3 Å². The molecule has 0 amide bonds. The van der Waals surface area contributed by atoms with E-state index in [0.29, 0.717) is 5.75 Å². The number of nitrogens with zero attached hydrogens (tertiary/aromatic N) is 4. The van der Waals surface area contributed by atoms with Gasteiger partial charge >= 0.3 is 0 Å². The Labute approximate surface area is 146 Å². The highest BCUT2D eigenvalue weighted by atomic mass is 32.1. The third-order valence-corrected chi connectivity index (χ3v) is 5.02. The Morgan fingerprint density at radius 2 is 1.92 bits per heavy atom. The molecule has 0 saturated carbocycles. The number of aromatic nitrogens is 2. The van der Waals surface area contributed by atoms with Crippen LogP contribution in [0.2, 0.25) is 0 Å². The molecule has 0 aliphatic carbocycles. The lowest BCUT2D eigenvalue weighted by Crippen LogP contribution is -2.46. The average molecular weight is 346 g/mol. The highest BCUT2D eigenvalue weighted by molar-refractivity contribution is 7.15. The maximum absolute atomic E-state index is 12.0. The first-order chi connectivity index (χ1) is 11.7. The Hall–Kier alpha value is -1.99. The zero-order valence-electron chi connectivity index (χ0n) is 13.9. The summed E-state index contributed by atoms with van der Waals surface area (Å²) in [6.45, 7) is 7.37. The van der Waals surface area contributed by atoms with E-state index in [-0.39, 0.29) is 18.8 Å². The number of piperazine rings is 1. The molecule has 0 N–H and O–H groups in total. The maximum Gasteiger partial charge on any atom is 0.208 e. The van der Waals surface area contributed by atoms with E-state index in [0.717, 1.165) is 42.9 Å². The number of rotatable bonds is 7. The molecule has 7 heteroatoms. The van der Waals surface area contributed by atoms with Crippen LogP contribution in [-0.2, 0) is 11.2 Å². The number of para-hydroxylation sites is 1. The lowest BCUT2D eigenvalue weighted by molar-refractivity contribution is -0.120. The Bertz CT molecular complexity index is 654. The molecular weight excluding hydrogens is 324 g/mol. The highest BCUT2D eigenvalue weighted by Crippen LogP contribution is 2.22. The van der Waals surface area contributed by atoms with E-state index in [9.17, 15) is 4.79 Å². The Morgan fingerprint density at radius 1 is 1.17 bits per heavy atom. The van der Waals surface area contributed by atoms with Crippen LogP contribution in [0.4, 0.5) is 5.13 Å². The Kier molecular flexibility index (Phi) is 5.77. The number of anilines is 1. The molecule has 2 aromatic rings. The number of ether oxygens (including phenoxy) is 1. The number of hydrogen-bond donors (Lipinski definition) is 0. The number of benzene rings is 1. The molecule has 0 radical (unpaired) electrons. The molecule has 1 aromatic heterocycles. The molecule has 0 bridgehead atoms. The largest absolute Gasteiger partial charge is 0.486 e. The molecule has 2 heterocycles. The van der Waals surface area contributed by atoms with Gasteiger partial charge in [0, 0.05) is 26.2 Å². The summed E-state index contributed by atoms with van der Waals surface area (Å²) in [7, 11) is 0. The van der Waals surface area contributed by atoms with Crippen molar-refractivity contribution >= 4 is 22.3 Å². The molecule has 128 valence electrons. The van der Waals surface area contributed by atoms with Crippen LogP contribution in [0.25, 0.3) is 0 Å². The first-order valence-electron chi connectivity index (χ1n) is 8.24. The van der Waals surface area contributed by atoms with E-state index >= 15 is 0 Å². The molecule has 1 aromatic carbocycles. The van der Waals surface area contributed by atoms with E-state index in [4.69, 9.17) is 4.74 Å². The van der Waals surface area contributed by atoms with E-state index in [1.807, 2.05) is 30.3 Å². The van der Waals surface area contributed by atoms with Gasteiger partial charge in [-0.3, -0.25) is 4.79 Å². The second-order valence-electron chi connectivity index (χ2n) is 5.72. The van der Waals surface area contributed by atoms with Gasteiger partial charge in [0.1, 0.15) is 17.4 Å². The average Bonchev–Trinajstić information content (AvgIpc) is 3.09. The number of likely N-dealkylation sites (N-methyl/N-ethyl adjacent to an activating group) is 1. The van der Waals surface area contributed by atoms with E-state index < -0.39 is 0 Å². The monoisotopic (exact) mass is 346 g/mol. The fourth-order valence-electron chi connectivity index (χ4n) is 2.60. The zero-order valence-corrected chi connectivity index (χ0v) is 14.7. The van der Waals surface area contributed by atoms with E-state index in [1.165, 1.54) is 11.3 Å². The topological polar surface area (TPSA) is 58.6 Å². The van der Waals surface area contributed by atoms with Gasteiger partial charge in [0.05, 0.1) is 6.42 Å². The third kappa shape index (κ3) is 4.52. The van der Waals surface area contributed by atoms with E-state index in [1.54, 1.807) is 0 Å². The smallest absolute Gasteiger partial charge is 0.208 e. The van der Waals surface area contributed by atoms with Crippen LogP contribution in [0.15, 0.2) is 30.3 Å². The van der Waals surface area contributed by atoms with Crippen molar-refractivity contribution in [1.82, 2.24) is 15.1 Å². The zero-order chi connectivity index (χ0) is 16.8. The van der Waals surface area contributed by atoms with Crippen LogP contribution in [0.1, 0.15) is 11.9 Å². The molecule has 1 fully saturated rings. The minimum Gasteiger partial charge on any atom is -0.486 e. The summed E-state index contributed by atoms with van der Waals surface area (Å²) in [5.74, 6) is 0.718. The number of Topliss-reactive ketones (excluding diaryl/α,β-unsaturated/α-hetero) is 1. The molecular formula is C17H22N4O2S. The second kappa shape index (κ2) is 8.21. The van der Waals surface area contributed by atoms with Crippen LogP contribution in [0, 0.1) is 0 Å². The van der Waals surface area contributed by atoms with Gasteiger partial charge in [-0.25, -0.2) is 0 Å². The standard InChI is InChI=1S/C17H22N4O2S/c1-2-20-8-10-21(11-9-20)17-19-18-16(24-17)12-14(22)13-23-15-6-4-3-5-7-15/h3-7H,2,8-13H2,1H3. The highest BCUT2D eigenvalue weighted by Gasteiger charge is 2.19. The van der Waals surface area contributed by atoms with Gasteiger partial charge in [-0.1, -0.05) is 36.5 Å². The Balaban J connectivity index is 1.48. The van der Waals surface area contributed by atoms with Crippen molar-refractivity contribution in [2.45, 2.75) is 13.3 Å². The fraction of sp³-hybridized carbons (Fsp3) is 0.471. The summed E-state index contributed by atoms with van der Waals surface area (Å²) in [6, 6.07) is 9.36. The number of hydrogen-bond acceptors (Lipinski definition) is 7. The second-order valence-corrected chi connectivity index (χ2v) is 6.76. The third-order valence-electron chi connectivity index (χ3n) is 4.04. The molecule has 1 saturated heterocycles. The van der Waals surface area contributed by atoms with Gasteiger partial charge in [0.2, 0.25) is 5.13 Å². The summed E-state index contributed by atoms with van der Waals surface area (Å²) in [5.41, 5.74) is 0. The van der Waals surface area contributed by atoms with Crippen molar-refractivity contribution in [3.8, 4) is 5.75 Å². The van der Waals surface area contributed by atoms with Gasteiger partial charge in [-0.05, 0) is 18.7 Å². The van der Waals surface area contributed by atoms with Gasteiger partial charge < -0.3 is 14.5 Å². The molecule has 3 rings (SSSR count). The van der Waals surface area contributed by atoms with Crippen LogP contribution in [-0.4, -0.2) is 60.2 Å². The molecule has 1 aliphatic heterocycles. The van der Waals surface area contributed by atoms with Crippen molar-refractivity contribution in [3.05, 3.63) is 35.3 Å². The summed E-state index contributed by atoms with van der Waals surface area (Å²) in [5, 5.41) is 10.1. The minimum atomic E-state index is 0.0114.